The molecule has 0 saturated carbocycles. The molecular weight excluding hydrogens is 417 g/mol. The molecule has 3 heterocycles. The first-order valence-corrected chi connectivity index (χ1v) is 11.3. The summed E-state index contributed by atoms with van der Waals surface area (Å²) >= 11 is 6.28. The Balaban J connectivity index is 1.58. The predicted octanol–water partition coefficient (Wildman–Crippen LogP) is 3.32. The van der Waals surface area contributed by atoms with Crippen molar-refractivity contribution in [3.05, 3.63) is 47.5 Å². The Kier molecular flexibility index (Phi) is 5.37. The van der Waals surface area contributed by atoms with Crippen LogP contribution in [0.5, 0.6) is 0 Å². The number of aromatic nitrogens is 3. The maximum absolute atomic E-state index is 14.5. The molecule has 1 fully saturated rings. The molecule has 1 N–H and O–H groups in total. The van der Waals surface area contributed by atoms with Gasteiger partial charge in [0.2, 0.25) is 16.0 Å². The second kappa shape index (κ2) is 7.81. The lowest BCUT2D eigenvalue weighted by atomic mass is 10.1. The Bertz CT molecular complexity index is 1170. The third kappa shape index (κ3) is 4.31. The Morgan fingerprint density at radius 3 is 2.72 bits per heavy atom. The van der Waals surface area contributed by atoms with Crippen LogP contribution in [0.3, 0.4) is 0 Å². The van der Waals surface area contributed by atoms with Crippen molar-refractivity contribution >= 4 is 38.5 Å². The van der Waals surface area contributed by atoms with Crippen LogP contribution in [0.2, 0.25) is 5.02 Å². The molecule has 1 aliphatic rings. The lowest BCUT2D eigenvalue weighted by Crippen LogP contribution is -2.42. The van der Waals surface area contributed by atoms with Gasteiger partial charge >= 0.3 is 0 Å². The van der Waals surface area contributed by atoms with Gasteiger partial charge in [-0.25, -0.2) is 27.1 Å². The summed E-state index contributed by atoms with van der Waals surface area (Å²) in [5, 5.41) is 4.20. The second-order valence-electron chi connectivity index (χ2n) is 7.00. The van der Waals surface area contributed by atoms with Crippen molar-refractivity contribution in [1.29, 1.82) is 0 Å². The number of fused-ring (bicyclic) bond motifs is 1. The molecule has 10 heteroatoms. The molecule has 0 amide bonds. The molecule has 152 valence electrons. The van der Waals surface area contributed by atoms with Crippen LogP contribution >= 0.6 is 11.6 Å². The van der Waals surface area contributed by atoms with Crippen LogP contribution in [0.4, 0.5) is 10.3 Å². The number of benzene rings is 1. The topological polar surface area (TPSA) is 88.1 Å². The van der Waals surface area contributed by atoms with Crippen molar-refractivity contribution in [2.75, 3.05) is 24.7 Å². The highest BCUT2D eigenvalue weighted by Crippen LogP contribution is 2.30. The number of nitrogens with one attached hydrogen (secondary N) is 1. The van der Waals surface area contributed by atoms with Crippen molar-refractivity contribution in [1.82, 2.24) is 19.3 Å². The van der Waals surface area contributed by atoms with E-state index in [0.29, 0.717) is 53.5 Å². The average molecular weight is 436 g/mol. The quantitative estimate of drug-likeness (QED) is 0.676. The van der Waals surface area contributed by atoms with Crippen molar-refractivity contribution in [2.24, 2.45) is 0 Å². The molecule has 0 aliphatic carbocycles. The van der Waals surface area contributed by atoms with Crippen LogP contribution in [0, 0.1) is 5.82 Å². The lowest BCUT2D eigenvalue weighted by molar-refractivity contribution is 0.331. The highest BCUT2D eigenvalue weighted by atomic mass is 35.5. The minimum atomic E-state index is -3.18. The van der Waals surface area contributed by atoms with Gasteiger partial charge in [-0.2, -0.15) is 0 Å². The second-order valence-corrected chi connectivity index (χ2v) is 9.39. The van der Waals surface area contributed by atoms with Gasteiger partial charge in [0.1, 0.15) is 11.3 Å². The molecule has 7 nitrogen and oxygen atoms in total. The maximum atomic E-state index is 14.5. The van der Waals surface area contributed by atoms with E-state index < -0.39 is 15.8 Å². The number of piperidine rings is 1. The number of anilines is 1. The van der Waals surface area contributed by atoms with E-state index in [1.165, 1.54) is 22.8 Å². The smallest absolute Gasteiger partial charge is 0.223 e. The van der Waals surface area contributed by atoms with Gasteiger partial charge in [-0.1, -0.05) is 17.7 Å². The number of pyridine rings is 1. The van der Waals surface area contributed by atoms with Gasteiger partial charge < -0.3 is 5.32 Å². The molecule has 0 bridgehead atoms. The van der Waals surface area contributed by atoms with Gasteiger partial charge in [-0.15, -0.1) is 0 Å². The fourth-order valence-electron chi connectivity index (χ4n) is 3.44. The number of nitrogens with zero attached hydrogens (tertiary/aromatic N) is 4. The Morgan fingerprint density at radius 1 is 1.24 bits per heavy atom. The zero-order valence-electron chi connectivity index (χ0n) is 15.6. The number of hydrogen-bond donors (Lipinski definition) is 1. The number of sulfonamides is 1. The SMILES string of the molecule is CS(=O)(=O)N1CCC(Nc2ncc(Cl)c(-c3cc(F)c4ncccc4c3)n2)CC1. The summed E-state index contributed by atoms with van der Waals surface area (Å²) in [6.07, 6.45) is 5.52. The van der Waals surface area contributed by atoms with Crippen LogP contribution in [0.25, 0.3) is 22.2 Å². The predicted molar refractivity (Wildman–Crippen MR) is 111 cm³/mol. The van der Waals surface area contributed by atoms with Crippen molar-refractivity contribution in [3.63, 3.8) is 0 Å². The number of rotatable bonds is 4. The van der Waals surface area contributed by atoms with Gasteiger partial charge in [0.25, 0.3) is 0 Å². The molecule has 0 unspecified atom stereocenters. The summed E-state index contributed by atoms with van der Waals surface area (Å²) in [6, 6.07) is 6.70. The van der Waals surface area contributed by atoms with Crippen LogP contribution in [-0.2, 0) is 10.0 Å². The molecular formula is C19H19ClFN5O2S. The Morgan fingerprint density at radius 2 is 2.00 bits per heavy atom. The summed E-state index contributed by atoms with van der Waals surface area (Å²) in [7, 11) is -3.18. The molecule has 2 aromatic heterocycles. The van der Waals surface area contributed by atoms with Crippen LogP contribution in [0.15, 0.2) is 36.7 Å². The Labute approximate surface area is 173 Å². The zero-order chi connectivity index (χ0) is 20.6. The molecule has 1 aromatic carbocycles. The van der Waals surface area contributed by atoms with E-state index in [9.17, 15) is 12.8 Å². The van der Waals surface area contributed by atoms with Gasteiger partial charge in [-0.05, 0) is 31.0 Å². The van der Waals surface area contributed by atoms with E-state index >= 15 is 0 Å². The molecule has 0 atom stereocenters. The largest absolute Gasteiger partial charge is 0.351 e. The fourth-order valence-corrected chi connectivity index (χ4v) is 4.51. The normalized spacial score (nSPS) is 16.2. The van der Waals surface area contributed by atoms with Gasteiger partial charge in [0.15, 0.2) is 0 Å². The van der Waals surface area contributed by atoms with Gasteiger partial charge in [-0.3, -0.25) is 4.98 Å². The summed E-state index contributed by atoms with van der Waals surface area (Å²) in [4.78, 5) is 12.8. The van der Waals surface area contributed by atoms with E-state index in [0.717, 1.165) is 0 Å². The third-order valence-electron chi connectivity index (χ3n) is 4.93. The molecule has 1 aliphatic heterocycles. The first-order valence-electron chi connectivity index (χ1n) is 9.10. The van der Waals surface area contributed by atoms with Crippen molar-refractivity contribution < 1.29 is 12.8 Å². The lowest BCUT2D eigenvalue weighted by Gasteiger charge is -2.30. The minimum absolute atomic E-state index is 0.0413. The molecule has 0 radical (unpaired) electrons. The highest BCUT2D eigenvalue weighted by Gasteiger charge is 2.25. The van der Waals surface area contributed by atoms with Crippen molar-refractivity contribution in [2.45, 2.75) is 18.9 Å². The molecule has 3 aromatic rings. The van der Waals surface area contributed by atoms with Gasteiger partial charge in [0, 0.05) is 36.3 Å². The van der Waals surface area contributed by atoms with Crippen LogP contribution in [-0.4, -0.2) is 53.1 Å². The molecule has 1 saturated heterocycles. The highest BCUT2D eigenvalue weighted by molar-refractivity contribution is 7.88. The summed E-state index contributed by atoms with van der Waals surface area (Å²) in [5.74, 6) is -0.0793. The first-order chi connectivity index (χ1) is 13.8. The number of halogens is 2. The number of hydrogen-bond acceptors (Lipinski definition) is 6. The van der Waals surface area contributed by atoms with Crippen molar-refractivity contribution in [3.8, 4) is 11.3 Å². The average Bonchev–Trinajstić information content (AvgIpc) is 2.69. The summed E-state index contributed by atoms with van der Waals surface area (Å²) in [5.41, 5.74) is 1.24. The maximum Gasteiger partial charge on any atom is 0.223 e. The zero-order valence-corrected chi connectivity index (χ0v) is 17.2. The Hall–Kier alpha value is -2.36. The van der Waals surface area contributed by atoms with E-state index in [1.54, 1.807) is 24.4 Å². The van der Waals surface area contributed by atoms with Crippen LogP contribution < -0.4 is 5.32 Å². The third-order valence-corrected chi connectivity index (χ3v) is 6.51. The molecule has 0 spiro atoms. The summed E-state index contributed by atoms with van der Waals surface area (Å²) < 4.78 is 39.2. The monoisotopic (exact) mass is 435 g/mol. The van der Waals surface area contributed by atoms with E-state index in [-0.39, 0.29) is 11.6 Å². The van der Waals surface area contributed by atoms with E-state index in [2.05, 4.69) is 20.3 Å². The standard InChI is InChI=1S/C19H19ClFN5O2S/c1-29(27,28)26-7-4-14(5-8-26)24-19-23-11-15(20)17(25-19)13-9-12-3-2-6-22-18(12)16(21)10-13/h2-3,6,9-11,14H,4-5,7-8H2,1H3,(H,23,24,25). The molecule has 29 heavy (non-hydrogen) atoms. The summed E-state index contributed by atoms with van der Waals surface area (Å²) in [6.45, 7) is 0.889. The first kappa shape index (κ1) is 19.9. The molecule has 4 rings (SSSR count). The fraction of sp³-hybridized carbons (Fsp3) is 0.316. The van der Waals surface area contributed by atoms with Gasteiger partial charge in [0.05, 0.1) is 23.2 Å². The van der Waals surface area contributed by atoms with Crippen LogP contribution in [0.1, 0.15) is 12.8 Å². The minimum Gasteiger partial charge on any atom is -0.351 e. The van der Waals surface area contributed by atoms with E-state index in [1.807, 2.05) is 0 Å². The van der Waals surface area contributed by atoms with E-state index in [4.69, 9.17) is 11.6 Å².